The van der Waals surface area contributed by atoms with Crippen molar-refractivity contribution in [2.45, 2.75) is 39.2 Å². The Bertz CT molecular complexity index is 1190. The molecule has 5 nitrogen and oxygen atoms in total. The number of anilines is 1. The van der Waals surface area contributed by atoms with Crippen molar-refractivity contribution >= 4 is 23.3 Å². The number of hydrogen-bond donors (Lipinski definition) is 1. The lowest BCUT2D eigenvalue weighted by Gasteiger charge is -2.25. The number of benzene rings is 2. The number of aromatic nitrogens is 1. The first-order valence-corrected chi connectivity index (χ1v) is 10.6. The standard InChI is InChI=1S/C27H26N2O3/c1-17-8-10-19(11-9-17)24(30)22-23(18-12-14-20(15-13-18)27(2,3)4)29(26(32)25(22)31)21-7-5-6-16-28-21/h5-16,23,30H,1-4H3/b24-22-. The van der Waals surface area contributed by atoms with E-state index in [2.05, 4.69) is 25.8 Å². The van der Waals surface area contributed by atoms with Gasteiger partial charge < -0.3 is 5.11 Å². The van der Waals surface area contributed by atoms with Crippen LogP contribution in [0, 0.1) is 6.92 Å². The average Bonchev–Trinajstić information content (AvgIpc) is 3.04. The van der Waals surface area contributed by atoms with E-state index in [1.165, 1.54) is 4.90 Å². The summed E-state index contributed by atoms with van der Waals surface area (Å²) in [5.41, 5.74) is 3.42. The van der Waals surface area contributed by atoms with Gasteiger partial charge in [-0.25, -0.2) is 4.98 Å². The molecule has 2 aromatic carbocycles. The highest BCUT2D eigenvalue weighted by Gasteiger charge is 2.47. The molecule has 1 atom stereocenters. The first kappa shape index (κ1) is 21.5. The summed E-state index contributed by atoms with van der Waals surface area (Å²) in [6.45, 7) is 8.32. The van der Waals surface area contributed by atoms with Gasteiger partial charge in [-0.1, -0.05) is 80.9 Å². The summed E-state index contributed by atoms with van der Waals surface area (Å²) in [4.78, 5) is 31.9. The Labute approximate surface area is 188 Å². The number of nitrogens with zero attached hydrogens (tertiary/aromatic N) is 2. The minimum atomic E-state index is -0.778. The predicted molar refractivity (Wildman–Crippen MR) is 125 cm³/mol. The van der Waals surface area contributed by atoms with Crippen molar-refractivity contribution in [3.8, 4) is 0 Å². The molecule has 162 valence electrons. The smallest absolute Gasteiger partial charge is 0.301 e. The molecule has 4 rings (SSSR count). The van der Waals surface area contributed by atoms with Gasteiger partial charge in [0.2, 0.25) is 0 Å². The number of hydrogen-bond acceptors (Lipinski definition) is 4. The number of aliphatic hydroxyl groups excluding tert-OH is 1. The fourth-order valence-electron chi connectivity index (χ4n) is 3.91. The third-order valence-corrected chi connectivity index (χ3v) is 5.76. The fourth-order valence-corrected chi connectivity index (χ4v) is 3.91. The molecule has 32 heavy (non-hydrogen) atoms. The molecule has 2 heterocycles. The fraction of sp³-hybridized carbons (Fsp3) is 0.222. The largest absolute Gasteiger partial charge is 0.507 e. The number of amides is 1. The Morgan fingerprint density at radius 3 is 2.16 bits per heavy atom. The molecule has 1 fully saturated rings. The average molecular weight is 427 g/mol. The minimum absolute atomic E-state index is 0.0385. The lowest BCUT2D eigenvalue weighted by Crippen LogP contribution is -2.30. The van der Waals surface area contributed by atoms with Gasteiger partial charge in [-0.15, -0.1) is 0 Å². The van der Waals surface area contributed by atoms with E-state index in [9.17, 15) is 14.7 Å². The first-order valence-electron chi connectivity index (χ1n) is 10.6. The second kappa shape index (κ2) is 8.08. The molecule has 0 saturated carbocycles. The zero-order valence-corrected chi connectivity index (χ0v) is 18.7. The van der Waals surface area contributed by atoms with Crippen molar-refractivity contribution in [2.24, 2.45) is 0 Å². The van der Waals surface area contributed by atoms with E-state index in [0.717, 1.165) is 16.7 Å². The molecule has 0 radical (unpaired) electrons. The maximum absolute atomic E-state index is 13.1. The van der Waals surface area contributed by atoms with Gasteiger partial charge in [-0.05, 0) is 35.6 Å². The summed E-state index contributed by atoms with van der Waals surface area (Å²) in [5, 5.41) is 11.1. The van der Waals surface area contributed by atoms with Crippen LogP contribution in [0.4, 0.5) is 5.82 Å². The molecule has 0 spiro atoms. The van der Waals surface area contributed by atoms with Gasteiger partial charge in [-0.2, -0.15) is 0 Å². The van der Waals surface area contributed by atoms with E-state index in [1.807, 2.05) is 43.3 Å². The van der Waals surface area contributed by atoms with Crippen molar-refractivity contribution in [3.05, 3.63) is 101 Å². The molecule has 1 aromatic heterocycles. The maximum Gasteiger partial charge on any atom is 0.301 e. The molecule has 1 N–H and O–H groups in total. The molecule has 0 aliphatic carbocycles. The third-order valence-electron chi connectivity index (χ3n) is 5.76. The van der Waals surface area contributed by atoms with Crippen LogP contribution < -0.4 is 4.90 Å². The van der Waals surface area contributed by atoms with Crippen molar-refractivity contribution in [3.63, 3.8) is 0 Å². The number of pyridine rings is 1. The topological polar surface area (TPSA) is 70.5 Å². The molecule has 1 aliphatic heterocycles. The molecule has 1 amide bonds. The summed E-state index contributed by atoms with van der Waals surface area (Å²) in [7, 11) is 0. The Hall–Kier alpha value is -3.73. The van der Waals surface area contributed by atoms with Gasteiger partial charge in [0.1, 0.15) is 11.6 Å². The number of ketones is 1. The third kappa shape index (κ3) is 3.82. The normalized spacial score (nSPS) is 18.2. The predicted octanol–water partition coefficient (Wildman–Crippen LogP) is 5.31. The molecule has 1 aliphatic rings. The number of aryl methyl sites for hydroxylation is 1. The molecule has 1 saturated heterocycles. The summed E-state index contributed by atoms with van der Waals surface area (Å²) in [6, 6.07) is 19.5. The highest BCUT2D eigenvalue weighted by molar-refractivity contribution is 6.51. The van der Waals surface area contributed by atoms with E-state index < -0.39 is 17.7 Å². The number of carbonyl (C=O) groups is 2. The zero-order chi connectivity index (χ0) is 23.0. The highest BCUT2D eigenvalue weighted by Crippen LogP contribution is 2.41. The molecular weight excluding hydrogens is 400 g/mol. The first-order chi connectivity index (χ1) is 15.2. The lowest BCUT2D eigenvalue weighted by atomic mass is 9.85. The minimum Gasteiger partial charge on any atom is -0.507 e. The highest BCUT2D eigenvalue weighted by atomic mass is 16.3. The summed E-state index contributed by atoms with van der Waals surface area (Å²) >= 11 is 0. The van der Waals surface area contributed by atoms with E-state index in [-0.39, 0.29) is 16.7 Å². The van der Waals surface area contributed by atoms with Crippen LogP contribution in [0.15, 0.2) is 78.5 Å². The van der Waals surface area contributed by atoms with Crippen molar-refractivity contribution < 1.29 is 14.7 Å². The van der Waals surface area contributed by atoms with Gasteiger partial charge in [0, 0.05) is 11.8 Å². The molecular formula is C27H26N2O3. The molecule has 1 unspecified atom stereocenters. The Morgan fingerprint density at radius 1 is 0.938 bits per heavy atom. The Balaban J connectivity index is 1.91. The van der Waals surface area contributed by atoms with Crippen LogP contribution in [0.3, 0.4) is 0 Å². The molecule has 0 bridgehead atoms. The van der Waals surface area contributed by atoms with Gasteiger partial charge in [-0.3, -0.25) is 14.5 Å². The monoisotopic (exact) mass is 426 g/mol. The van der Waals surface area contributed by atoms with Gasteiger partial charge in [0.15, 0.2) is 0 Å². The van der Waals surface area contributed by atoms with Crippen LogP contribution in [-0.2, 0) is 15.0 Å². The number of Topliss-reactive ketones (excluding diaryl/α,β-unsaturated/α-hetero) is 1. The Morgan fingerprint density at radius 2 is 1.59 bits per heavy atom. The Kier molecular flexibility index (Phi) is 5.43. The van der Waals surface area contributed by atoms with Crippen molar-refractivity contribution in [2.75, 3.05) is 4.90 Å². The van der Waals surface area contributed by atoms with Crippen LogP contribution in [0.2, 0.25) is 0 Å². The van der Waals surface area contributed by atoms with Crippen LogP contribution in [0.25, 0.3) is 5.76 Å². The van der Waals surface area contributed by atoms with E-state index in [0.29, 0.717) is 11.4 Å². The molecule has 3 aromatic rings. The number of rotatable bonds is 3. The van der Waals surface area contributed by atoms with Crippen molar-refractivity contribution in [1.82, 2.24) is 4.98 Å². The zero-order valence-electron chi connectivity index (χ0n) is 18.7. The van der Waals surface area contributed by atoms with Crippen LogP contribution in [-0.4, -0.2) is 21.8 Å². The SMILES string of the molecule is Cc1ccc(/C(O)=C2/C(=O)C(=O)N(c3ccccn3)C2c2ccc(C(C)(C)C)cc2)cc1. The lowest BCUT2D eigenvalue weighted by molar-refractivity contribution is -0.132. The summed E-state index contributed by atoms with van der Waals surface area (Å²) in [5.74, 6) is -1.25. The van der Waals surface area contributed by atoms with Crippen LogP contribution in [0.1, 0.15) is 49.1 Å². The van der Waals surface area contributed by atoms with E-state index in [4.69, 9.17) is 0 Å². The summed E-state index contributed by atoms with van der Waals surface area (Å²) in [6.07, 6.45) is 1.58. The summed E-state index contributed by atoms with van der Waals surface area (Å²) < 4.78 is 0. The second-order valence-electron chi connectivity index (χ2n) is 9.10. The van der Waals surface area contributed by atoms with E-state index >= 15 is 0 Å². The van der Waals surface area contributed by atoms with E-state index in [1.54, 1.807) is 36.5 Å². The second-order valence-corrected chi connectivity index (χ2v) is 9.10. The molecule has 5 heteroatoms. The maximum atomic E-state index is 13.1. The van der Waals surface area contributed by atoms with Gasteiger partial charge >= 0.3 is 5.91 Å². The van der Waals surface area contributed by atoms with Gasteiger partial charge in [0.05, 0.1) is 11.6 Å². The quantitative estimate of drug-likeness (QED) is 0.350. The van der Waals surface area contributed by atoms with Crippen LogP contribution in [0.5, 0.6) is 0 Å². The van der Waals surface area contributed by atoms with Crippen LogP contribution >= 0.6 is 0 Å². The van der Waals surface area contributed by atoms with Crippen molar-refractivity contribution in [1.29, 1.82) is 0 Å². The number of carbonyl (C=O) groups excluding carboxylic acids is 2. The number of aliphatic hydroxyl groups is 1. The van der Waals surface area contributed by atoms with Gasteiger partial charge in [0.25, 0.3) is 5.78 Å².